The smallest absolute Gasteiger partial charge is 0.341 e. The number of carboxylic acids is 1. The van der Waals surface area contributed by atoms with Crippen molar-refractivity contribution in [3.63, 3.8) is 0 Å². The van der Waals surface area contributed by atoms with Crippen molar-refractivity contribution in [3.8, 4) is 0 Å². The second-order valence-corrected chi connectivity index (χ2v) is 8.81. The van der Waals surface area contributed by atoms with Crippen LogP contribution in [0.1, 0.15) is 44.5 Å². The van der Waals surface area contributed by atoms with E-state index in [0.29, 0.717) is 12.2 Å². The highest BCUT2D eigenvalue weighted by atomic mass is 35.5. The van der Waals surface area contributed by atoms with Gasteiger partial charge in [-0.2, -0.15) is 0 Å². The summed E-state index contributed by atoms with van der Waals surface area (Å²) in [5.41, 5.74) is -1.40. The van der Waals surface area contributed by atoms with E-state index in [-0.39, 0.29) is 40.8 Å². The Bertz CT molecular complexity index is 1030. The number of nitrogens with one attached hydrogen (secondary N) is 1. The third-order valence-corrected chi connectivity index (χ3v) is 5.55. The van der Waals surface area contributed by atoms with Crippen LogP contribution in [0.2, 0.25) is 0 Å². The van der Waals surface area contributed by atoms with Crippen LogP contribution in [0.5, 0.6) is 0 Å². The number of aromatic carboxylic acids is 1. The summed E-state index contributed by atoms with van der Waals surface area (Å²) < 4.78 is 16.6. The normalized spacial score (nSPS) is 23.9. The first kappa shape index (κ1) is 20.5. The number of fused-ring (bicyclic) bond motifs is 3. The van der Waals surface area contributed by atoms with Crippen molar-refractivity contribution in [2.24, 2.45) is 0 Å². The van der Waals surface area contributed by atoms with E-state index in [4.69, 9.17) is 0 Å². The topological polar surface area (TPSA) is 87.5 Å². The Kier molecular flexibility index (Phi) is 4.71. The molecule has 2 N–H and O–H groups in total. The number of hydrogen-bond donors (Lipinski definition) is 2. The lowest BCUT2D eigenvalue weighted by Crippen LogP contribution is -2.50. The summed E-state index contributed by atoms with van der Waals surface area (Å²) >= 11 is 0. The molecule has 2 aromatic heterocycles. The predicted octanol–water partition coefficient (Wildman–Crippen LogP) is 2.35. The molecule has 0 aromatic carbocycles. The van der Waals surface area contributed by atoms with Crippen LogP contribution in [-0.2, 0) is 5.54 Å². The number of nitrogens with zero attached hydrogens (tertiary/aromatic N) is 3. The van der Waals surface area contributed by atoms with Gasteiger partial charge in [0.2, 0.25) is 5.43 Å². The molecule has 2 aliphatic heterocycles. The molecule has 2 atom stereocenters. The third-order valence-electron chi connectivity index (χ3n) is 5.55. The first-order valence-electron chi connectivity index (χ1n) is 9.01. The summed E-state index contributed by atoms with van der Waals surface area (Å²) in [5.74, 6) is -1.71. The maximum Gasteiger partial charge on any atom is 0.341 e. The molecule has 28 heavy (non-hydrogen) atoms. The highest BCUT2D eigenvalue weighted by Gasteiger charge is 2.47. The van der Waals surface area contributed by atoms with Gasteiger partial charge in [0.15, 0.2) is 11.6 Å². The summed E-state index contributed by atoms with van der Waals surface area (Å²) in [4.78, 5) is 30.6. The molecule has 7 nitrogen and oxygen atoms in total. The Labute approximate surface area is 168 Å². The van der Waals surface area contributed by atoms with Gasteiger partial charge in [0, 0.05) is 36.4 Å². The van der Waals surface area contributed by atoms with E-state index in [1.807, 2.05) is 25.7 Å². The molecule has 4 heterocycles. The Morgan fingerprint density at radius 3 is 2.61 bits per heavy atom. The van der Waals surface area contributed by atoms with Gasteiger partial charge in [0.1, 0.15) is 11.2 Å². The van der Waals surface area contributed by atoms with Crippen molar-refractivity contribution in [2.75, 3.05) is 18.0 Å². The minimum Gasteiger partial charge on any atom is -0.477 e. The van der Waals surface area contributed by atoms with Crippen LogP contribution in [0, 0.1) is 5.82 Å². The van der Waals surface area contributed by atoms with Crippen LogP contribution in [0.3, 0.4) is 0 Å². The molecular weight excluding hydrogens is 387 g/mol. The van der Waals surface area contributed by atoms with Gasteiger partial charge < -0.3 is 19.9 Å². The van der Waals surface area contributed by atoms with Gasteiger partial charge in [-0.15, -0.1) is 12.4 Å². The van der Waals surface area contributed by atoms with Gasteiger partial charge in [-0.05, 0) is 40.2 Å². The van der Waals surface area contributed by atoms with E-state index in [0.717, 1.165) is 19.0 Å². The molecule has 2 fully saturated rings. The number of carboxylic acid groups (broad SMARTS) is 1. The maximum absolute atomic E-state index is 14.9. The fourth-order valence-electron chi connectivity index (χ4n) is 4.20. The molecule has 0 spiro atoms. The molecule has 0 aliphatic carbocycles. The summed E-state index contributed by atoms with van der Waals surface area (Å²) in [6.07, 6.45) is 2.22. The third kappa shape index (κ3) is 3.04. The Morgan fingerprint density at radius 1 is 1.43 bits per heavy atom. The number of aromatic nitrogens is 2. The number of carbonyl (C=O) groups is 1. The van der Waals surface area contributed by atoms with Gasteiger partial charge in [-0.25, -0.2) is 14.2 Å². The van der Waals surface area contributed by atoms with Crippen LogP contribution >= 0.6 is 12.4 Å². The minimum absolute atomic E-state index is 0. The fraction of sp³-hybridized carbons (Fsp3) is 0.526. The number of pyridine rings is 2. The van der Waals surface area contributed by atoms with E-state index in [2.05, 4.69) is 17.2 Å². The summed E-state index contributed by atoms with van der Waals surface area (Å²) in [6, 6.07) is 1.29. The zero-order valence-corrected chi connectivity index (χ0v) is 17.1. The zero-order chi connectivity index (χ0) is 19.7. The number of anilines is 1. The van der Waals surface area contributed by atoms with E-state index in [1.54, 1.807) is 4.57 Å². The lowest BCUT2D eigenvalue weighted by Gasteiger charge is -2.33. The SMILES string of the molecule is CC(C)(C)n1cc(C(=O)O)c(=O)c2cc(F)c(N3C[C@@]4(C)C[C@@H]3CN4)nc21.Cl. The Hall–Kier alpha value is -2.19. The second kappa shape index (κ2) is 6.42. The molecule has 2 aromatic rings. The lowest BCUT2D eigenvalue weighted by atomic mass is 10.0. The minimum atomic E-state index is -1.33. The maximum atomic E-state index is 14.9. The fourth-order valence-corrected chi connectivity index (χ4v) is 4.20. The van der Waals surface area contributed by atoms with Crippen LogP contribution in [0.4, 0.5) is 10.2 Å². The van der Waals surface area contributed by atoms with Gasteiger partial charge in [-0.1, -0.05) is 0 Å². The molecule has 2 saturated heterocycles. The molecule has 0 saturated carbocycles. The van der Waals surface area contributed by atoms with Crippen molar-refractivity contribution in [2.45, 2.75) is 51.2 Å². The molecule has 0 radical (unpaired) electrons. The van der Waals surface area contributed by atoms with Gasteiger partial charge in [-0.3, -0.25) is 4.79 Å². The summed E-state index contributed by atoms with van der Waals surface area (Å²) in [6.45, 7) is 9.16. The largest absolute Gasteiger partial charge is 0.477 e. The highest BCUT2D eigenvalue weighted by molar-refractivity contribution is 5.92. The van der Waals surface area contributed by atoms with Crippen molar-refractivity contribution in [1.29, 1.82) is 0 Å². The van der Waals surface area contributed by atoms with E-state index < -0.39 is 22.8 Å². The molecular formula is C19H24ClFN4O3. The number of halogens is 2. The highest BCUT2D eigenvalue weighted by Crippen LogP contribution is 2.37. The molecule has 0 unspecified atom stereocenters. The molecule has 0 amide bonds. The van der Waals surface area contributed by atoms with Crippen LogP contribution in [0.15, 0.2) is 17.1 Å². The quantitative estimate of drug-likeness (QED) is 0.790. The lowest BCUT2D eigenvalue weighted by molar-refractivity contribution is 0.0694. The zero-order valence-electron chi connectivity index (χ0n) is 16.2. The predicted molar refractivity (Wildman–Crippen MR) is 107 cm³/mol. The number of piperazine rings is 1. The molecule has 152 valence electrons. The summed E-state index contributed by atoms with van der Waals surface area (Å²) in [5, 5.41) is 12.8. The number of hydrogen-bond acceptors (Lipinski definition) is 5. The molecule has 4 rings (SSSR count). The molecule has 2 bridgehead atoms. The van der Waals surface area contributed by atoms with Gasteiger partial charge in [0.25, 0.3) is 0 Å². The van der Waals surface area contributed by atoms with Crippen molar-refractivity contribution in [1.82, 2.24) is 14.9 Å². The number of rotatable bonds is 2. The average molecular weight is 411 g/mol. The first-order chi connectivity index (χ1) is 12.5. The van der Waals surface area contributed by atoms with Crippen molar-refractivity contribution in [3.05, 3.63) is 33.9 Å². The van der Waals surface area contributed by atoms with Crippen molar-refractivity contribution >= 4 is 35.2 Å². The monoisotopic (exact) mass is 410 g/mol. The Morgan fingerprint density at radius 2 is 2.11 bits per heavy atom. The van der Waals surface area contributed by atoms with E-state index in [9.17, 15) is 19.1 Å². The van der Waals surface area contributed by atoms with Crippen LogP contribution in [0.25, 0.3) is 11.0 Å². The van der Waals surface area contributed by atoms with E-state index in [1.165, 1.54) is 6.20 Å². The molecule has 9 heteroatoms. The van der Waals surface area contributed by atoms with Crippen LogP contribution in [-0.4, -0.2) is 45.3 Å². The van der Waals surface area contributed by atoms with Gasteiger partial charge in [0.05, 0.1) is 5.39 Å². The van der Waals surface area contributed by atoms with E-state index >= 15 is 0 Å². The van der Waals surface area contributed by atoms with Gasteiger partial charge >= 0.3 is 5.97 Å². The first-order valence-corrected chi connectivity index (χ1v) is 9.01. The summed E-state index contributed by atoms with van der Waals surface area (Å²) in [7, 11) is 0. The molecule has 2 aliphatic rings. The van der Waals surface area contributed by atoms with Crippen molar-refractivity contribution < 1.29 is 14.3 Å². The standard InChI is InChI=1S/C19H23FN4O3.ClH/c1-18(2,3)24-8-12(17(26)27)14(25)11-5-13(20)16(22-15(11)24)23-9-19(4)6-10(23)7-21-19;/h5,8,10,21H,6-7,9H2,1-4H3,(H,26,27);1H/t10-,19-;/m1./s1. The van der Waals surface area contributed by atoms with Crippen LogP contribution < -0.4 is 15.6 Å². The average Bonchev–Trinajstić information content (AvgIpc) is 3.09. The second-order valence-electron chi connectivity index (χ2n) is 8.81. The Balaban J connectivity index is 0.00000225.